The van der Waals surface area contributed by atoms with Crippen molar-refractivity contribution in [3.8, 4) is 0 Å². The van der Waals surface area contributed by atoms with Gasteiger partial charge in [0.25, 0.3) is 0 Å². The third-order valence-corrected chi connectivity index (χ3v) is 3.90. The van der Waals surface area contributed by atoms with Crippen molar-refractivity contribution < 1.29 is 9.90 Å². The molecule has 0 unspecified atom stereocenters. The number of imidazole rings is 1. The largest absolute Gasteiger partial charge is 0.478 e. The van der Waals surface area contributed by atoms with Crippen LogP contribution in [0.15, 0.2) is 60.6 Å². The Hall–Kier alpha value is -2.88. The lowest BCUT2D eigenvalue weighted by Crippen LogP contribution is -1.98. The van der Waals surface area contributed by atoms with Crippen LogP contribution in [0.5, 0.6) is 0 Å². The van der Waals surface area contributed by atoms with Gasteiger partial charge in [0, 0.05) is 11.3 Å². The fourth-order valence-corrected chi connectivity index (χ4v) is 2.58. The monoisotopic (exact) mass is 306 g/mol. The Labute approximate surface area is 134 Å². The number of hydrogen-bond acceptors (Lipinski definition) is 2. The molecule has 0 spiro atoms. The number of pyridine rings is 1. The zero-order valence-electron chi connectivity index (χ0n) is 12.9. The number of aliphatic carboxylic acids is 1. The van der Waals surface area contributed by atoms with Gasteiger partial charge in [0.1, 0.15) is 0 Å². The molecule has 0 fully saturated rings. The summed E-state index contributed by atoms with van der Waals surface area (Å²) in [6.07, 6.45) is 7.23. The molecule has 3 aromatic rings. The van der Waals surface area contributed by atoms with Crippen molar-refractivity contribution in [1.82, 2.24) is 9.38 Å². The van der Waals surface area contributed by atoms with Crippen molar-refractivity contribution in [2.24, 2.45) is 0 Å². The quantitative estimate of drug-likeness (QED) is 0.733. The summed E-state index contributed by atoms with van der Waals surface area (Å²) in [4.78, 5) is 15.0. The van der Waals surface area contributed by atoms with Crippen molar-refractivity contribution in [3.63, 3.8) is 0 Å². The van der Waals surface area contributed by atoms with Crippen LogP contribution in [0, 0.1) is 0 Å². The van der Waals surface area contributed by atoms with E-state index in [4.69, 9.17) is 5.11 Å². The topological polar surface area (TPSA) is 54.6 Å². The normalized spacial score (nSPS) is 11.8. The molecule has 0 saturated heterocycles. The third kappa shape index (κ3) is 3.48. The number of aryl methyl sites for hydroxylation is 2. The van der Waals surface area contributed by atoms with Crippen LogP contribution < -0.4 is 0 Å². The number of carbonyl (C=O) groups is 1. The molecule has 0 atom stereocenters. The Bertz CT molecular complexity index is 860. The second-order valence-electron chi connectivity index (χ2n) is 5.58. The summed E-state index contributed by atoms with van der Waals surface area (Å²) in [6, 6.07) is 14.2. The number of carboxylic acids is 1. The van der Waals surface area contributed by atoms with Crippen molar-refractivity contribution in [3.05, 3.63) is 77.4 Å². The van der Waals surface area contributed by atoms with Gasteiger partial charge in [-0.05, 0) is 49.1 Å². The van der Waals surface area contributed by atoms with Gasteiger partial charge < -0.3 is 9.51 Å². The van der Waals surface area contributed by atoms with E-state index in [-0.39, 0.29) is 0 Å². The van der Waals surface area contributed by atoms with Gasteiger partial charge in [-0.1, -0.05) is 30.3 Å². The van der Waals surface area contributed by atoms with Crippen LogP contribution in [0.4, 0.5) is 0 Å². The highest BCUT2D eigenvalue weighted by atomic mass is 16.4. The summed E-state index contributed by atoms with van der Waals surface area (Å²) >= 11 is 0. The first-order chi connectivity index (χ1) is 11.1. The molecule has 116 valence electrons. The van der Waals surface area contributed by atoms with Crippen molar-refractivity contribution in [1.29, 1.82) is 0 Å². The molecule has 1 aromatic carbocycles. The maximum absolute atomic E-state index is 10.8. The van der Waals surface area contributed by atoms with Gasteiger partial charge >= 0.3 is 5.97 Å². The van der Waals surface area contributed by atoms with Gasteiger partial charge in [0.2, 0.25) is 0 Å². The summed E-state index contributed by atoms with van der Waals surface area (Å²) in [5.74, 6) is -0.887. The maximum Gasteiger partial charge on any atom is 0.331 e. The highest BCUT2D eigenvalue weighted by Gasteiger charge is 2.02. The Kier molecular flexibility index (Phi) is 4.24. The number of nitrogens with zero attached hydrogens (tertiary/aromatic N) is 2. The van der Waals surface area contributed by atoms with Crippen molar-refractivity contribution >= 4 is 17.6 Å². The van der Waals surface area contributed by atoms with E-state index in [0.29, 0.717) is 5.57 Å². The molecule has 0 saturated carbocycles. The standard InChI is InChI=1S/C19H18N2O2/c1-14(19(22)23)11-16-7-5-15(6-8-16)9-10-17-3-2-4-18-12-20-13-21(17)18/h2-8,11-13H,9-10H2,1H3,(H,22,23). The Morgan fingerprint density at radius 3 is 2.70 bits per heavy atom. The highest BCUT2D eigenvalue weighted by molar-refractivity contribution is 5.91. The zero-order chi connectivity index (χ0) is 16.2. The molecule has 1 N–H and O–H groups in total. The number of benzene rings is 1. The summed E-state index contributed by atoms with van der Waals surface area (Å²) in [5, 5.41) is 8.90. The molecule has 0 aliphatic rings. The van der Waals surface area contributed by atoms with Crippen LogP contribution in [0.2, 0.25) is 0 Å². The number of rotatable bonds is 5. The first kappa shape index (κ1) is 15.0. The molecular weight excluding hydrogens is 288 g/mol. The molecule has 0 radical (unpaired) electrons. The SMILES string of the molecule is CC(=Cc1ccc(CCc2cccc3cncn23)cc1)C(=O)O. The number of aromatic nitrogens is 2. The molecule has 0 aliphatic heterocycles. The smallest absolute Gasteiger partial charge is 0.331 e. The van der Waals surface area contributed by atoms with Crippen molar-refractivity contribution in [2.45, 2.75) is 19.8 Å². The first-order valence-electron chi connectivity index (χ1n) is 7.54. The second-order valence-corrected chi connectivity index (χ2v) is 5.58. The molecule has 0 bridgehead atoms. The summed E-state index contributed by atoms with van der Waals surface area (Å²) in [7, 11) is 0. The fraction of sp³-hybridized carbons (Fsp3) is 0.158. The average molecular weight is 306 g/mol. The Morgan fingerprint density at radius 2 is 1.96 bits per heavy atom. The van der Waals surface area contributed by atoms with Gasteiger partial charge in [-0.15, -0.1) is 0 Å². The highest BCUT2D eigenvalue weighted by Crippen LogP contribution is 2.13. The minimum atomic E-state index is -0.887. The molecule has 0 amide bonds. The molecule has 2 heterocycles. The Morgan fingerprint density at radius 1 is 1.17 bits per heavy atom. The first-order valence-corrected chi connectivity index (χ1v) is 7.54. The van der Waals surface area contributed by atoms with E-state index in [1.54, 1.807) is 13.0 Å². The van der Waals surface area contributed by atoms with Gasteiger partial charge in [-0.2, -0.15) is 0 Å². The van der Waals surface area contributed by atoms with E-state index >= 15 is 0 Å². The summed E-state index contributed by atoms with van der Waals surface area (Å²) in [5.41, 5.74) is 4.81. The number of hydrogen-bond donors (Lipinski definition) is 1. The van der Waals surface area contributed by atoms with Crippen LogP contribution in [0.3, 0.4) is 0 Å². The third-order valence-electron chi connectivity index (χ3n) is 3.90. The van der Waals surface area contributed by atoms with E-state index in [1.165, 1.54) is 11.3 Å². The van der Waals surface area contributed by atoms with E-state index in [9.17, 15) is 4.79 Å². The minimum absolute atomic E-state index is 0.338. The molecular formula is C19H18N2O2. The second kappa shape index (κ2) is 6.48. The lowest BCUT2D eigenvalue weighted by atomic mass is 10.0. The molecule has 3 rings (SSSR count). The lowest BCUT2D eigenvalue weighted by molar-refractivity contribution is -0.132. The summed E-state index contributed by atoms with van der Waals surface area (Å²) < 4.78 is 2.10. The van der Waals surface area contributed by atoms with Crippen LogP contribution in [-0.2, 0) is 17.6 Å². The van der Waals surface area contributed by atoms with Gasteiger partial charge in [0.15, 0.2) is 0 Å². The van der Waals surface area contributed by atoms with Gasteiger partial charge in [-0.25, -0.2) is 9.78 Å². The molecule has 2 aromatic heterocycles. The zero-order valence-corrected chi connectivity index (χ0v) is 12.9. The summed E-state index contributed by atoms with van der Waals surface area (Å²) in [6.45, 7) is 1.60. The predicted molar refractivity (Wildman–Crippen MR) is 90.3 cm³/mol. The van der Waals surface area contributed by atoms with Crippen LogP contribution in [-0.4, -0.2) is 20.5 Å². The molecule has 0 aliphatic carbocycles. The van der Waals surface area contributed by atoms with Crippen LogP contribution >= 0.6 is 0 Å². The number of fused-ring (bicyclic) bond motifs is 1. The van der Waals surface area contributed by atoms with Gasteiger partial charge in [-0.3, -0.25) is 0 Å². The van der Waals surface area contributed by atoms with E-state index in [2.05, 4.69) is 33.7 Å². The fourth-order valence-electron chi connectivity index (χ4n) is 2.58. The number of carboxylic acid groups (broad SMARTS) is 1. The minimum Gasteiger partial charge on any atom is -0.478 e. The maximum atomic E-state index is 10.8. The van der Waals surface area contributed by atoms with E-state index in [1.807, 2.05) is 30.7 Å². The average Bonchev–Trinajstić information content (AvgIpc) is 3.03. The Balaban J connectivity index is 1.70. The lowest BCUT2D eigenvalue weighted by Gasteiger charge is -2.06. The van der Waals surface area contributed by atoms with Crippen LogP contribution in [0.1, 0.15) is 23.7 Å². The van der Waals surface area contributed by atoms with Gasteiger partial charge in [0.05, 0.1) is 18.0 Å². The van der Waals surface area contributed by atoms with Crippen LogP contribution in [0.25, 0.3) is 11.6 Å². The molecule has 4 heteroatoms. The molecule has 4 nitrogen and oxygen atoms in total. The molecule has 23 heavy (non-hydrogen) atoms. The van der Waals surface area contributed by atoms with Crippen molar-refractivity contribution in [2.75, 3.05) is 0 Å². The van der Waals surface area contributed by atoms with E-state index in [0.717, 1.165) is 23.9 Å². The van der Waals surface area contributed by atoms with E-state index < -0.39 is 5.97 Å². The predicted octanol–water partition coefficient (Wildman–Crippen LogP) is 3.61.